The van der Waals surface area contributed by atoms with Crippen LogP contribution < -0.4 is 5.32 Å². The van der Waals surface area contributed by atoms with Gasteiger partial charge in [-0.1, -0.05) is 6.92 Å². The van der Waals surface area contributed by atoms with E-state index >= 15 is 0 Å². The molecule has 0 saturated carbocycles. The molecule has 0 fully saturated rings. The predicted molar refractivity (Wildman–Crippen MR) is 92.3 cm³/mol. The van der Waals surface area contributed by atoms with Crippen LogP contribution in [-0.2, 0) is 31.2 Å². The van der Waals surface area contributed by atoms with E-state index in [9.17, 15) is 4.79 Å². The Labute approximate surface area is 147 Å². The molecule has 2 aromatic heterocycles. The lowest BCUT2D eigenvalue weighted by molar-refractivity contribution is -0.00710. The van der Waals surface area contributed by atoms with E-state index in [0.29, 0.717) is 24.4 Å². The Bertz CT molecular complexity index is 778. The average molecular weight is 346 g/mol. The molecule has 0 saturated heterocycles. The highest BCUT2D eigenvalue weighted by Gasteiger charge is 2.31. The number of rotatable bonds is 5. The van der Waals surface area contributed by atoms with Gasteiger partial charge in [0.1, 0.15) is 11.5 Å². The number of oxazole rings is 1. The molecule has 7 heteroatoms. The van der Waals surface area contributed by atoms with Gasteiger partial charge in [-0.2, -0.15) is 5.10 Å². The Morgan fingerprint density at radius 3 is 2.88 bits per heavy atom. The number of carbonyl (C=O) groups is 1. The van der Waals surface area contributed by atoms with Crippen molar-refractivity contribution in [2.24, 2.45) is 7.05 Å². The van der Waals surface area contributed by atoms with Gasteiger partial charge in [-0.25, -0.2) is 4.98 Å². The number of ether oxygens (including phenoxy) is 1. The summed E-state index contributed by atoms with van der Waals surface area (Å²) >= 11 is 0. The minimum Gasteiger partial charge on any atom is -0.444 e. The largest absolute Gasteiger partial charge is 0.444 e. The molecule has 1 amide bonds. The van der Waals surface area contributed by atoms with Gasteiger partial charge >= 0.3 is 0 Å². The third-order valence-electron chi connectivity index (χ3n) is 4.51. The van der Waals surface area contributed by atoms with E-state index in [1.54, 1.807) is 11.7 Å². The number of fused-ring (bicyclic) bond motifs is 1. The Morgan fingerprint density at radius 1 is 1.40 bits per heavy atom. The van der Waals surface area contributed by atoms with Gasteiger partial charge < -0.3 is 14.5 Å². The van der Waals surface area contributed by atoms with Crippen molar-refractivity contribution in [3.8, 4) is 0 Å². The number of nitrogens with one attached hydrogen (secondary N) is 1. The molecule has 0 radical (unpaired) electrons. The van der Waals surface area contributed by atoms with Crippen LogP contribution in [0.5, 0.6) is 0 Å². The van der Waals surface area contributed by atoms with Crippen LogP contribution in [0.1, 0.15) is 72.4 Å². The van der Waals surface area contributed by atoms with Crippen molar-refractivity contribution in [1.82, 2.24) is 20.1 Å². The fourth-order valence-corrected chi connectivity index (χ4v) is 3.37. The zero-order valence-corrected chi connectivity index (χ0v) is 15.5. The second kappa shape index (κ2) is 7.00. The standard InChI is InChI=1S/C18H26N4O3/c1-6-7-15-20-11(3)14(25-15)9-19-18(23)17-13-8-10(2)24-12(4)16(13)21-22(17)5/h10,12H,6-9H2,1-5H3,(H,19,23)/t10-,12+/m1/s1. The van der Waals surface area contributed by atoms with Gasteiger partial charge in [-0.15, -0.1) is 0 Å². The zero-order chi connectivity index (χ0) is 18.1. The number of carbonyl (C=O) groups excluding carboxylic acids is 1. The van der Waals surface area contributed by atoms with Crippen LogP contribution in [0.15, 0.2) is 4.42 Å². The monoisotopic (exact) mass is 346 g/mol. The second-order valence-corrected chi connectivity index (χ2v) is 6.68. The van der Waals surface area contributed by atoms with Gasteiger partial charge in [0.05, 0.1) is 30.1 Å². The molecule has 1 aliphatic rings. The lowest BCUT2D eigenvalue weighted by Gasteiger charge is -2.24. The predicted octanol–water partition coefficient (Wildman–Crippen LogP) is 2.62. The van der Waals surface area contributed by atoms with Crippen LogP contribution in [0.3, 0.4) is 0 Å². The summed E-state index contributed by atoms with van der Waals surface area (Å²) in [4.78, 5) is 17.2. The molecule has 2 atom stereocenters. The average Bonchev–Trinajstić information content (AvgIpc) is 3.05. The highest BCUT2D eigenvalue weighted by atomic mass is 16.5. The molecule has 1 aliphatic heterocycles. The van der Waals surface area contributed by atoms with Crippen molar-refractivity contribution in [1.29, 1.82) is 0 Å². The van der Waals surface area contributed by atoms with Crippen LogP contribution >= 0.6 is 0 Å². The summed E-state index contributed by atoms with van der Waals surface area (Å²) in [7, 11) is 1.80. The quantitative estimate of drug-likeness (QED) is 0.900. The van der Waals surface area contributed by atoms with Crippen LogP contribution in [0, 0.1) is 6.92 Å². The molecule has 0 bridgehead atoms. The maximum absolute atomic E-state index is 12.8. The first kappa shape index (κ1) is 17.7. The first-order valence-electron chi connectivity index (χ1n) is 8.85. The first-order chi connectivity index (χ1) is 11.9. The fraction of sp³-hybridized carbons (Fsp3) is 0.611. The second-order valence-electron chi connectivity index (χ2n) is 6.68. The van der Waals surface area contributed by atoms with Gasteiger partial charge in [0.15, 0.2) is 5.89 Å². The Balaban J connectivity index is 1.76. The maximum Gasteiger partial charge on any atom is 0.270 e. The highest BCUT2D eigenvalue weighted by Crippen LogP contribution is 2.31. The van der Waals surface area contributed by atoms with E-state index in [2.05, 4.69) is 22.3 Å². The molecule has 0 aliphatic carbocycles. The van der Waals surface area contributed by atoms with E-state index in [4.69, 9.17) is 9.15 Å². The molecular formula is C18H26N4O3. The molecule has 3 heterocycles. The van der Waals surface area contributed by atoms with Crippen molar-refractivity contribution in [3.63, 3.8) is 0 Å². The lowest BCUT2D eigenvalue weighted by Crippen LogP contribution is -2.28. The molecule has 2 aromatic rings. The topological polar surface area (TPSA) is 82.2 Å². The number of aromatic nitrogens is 3. The number of amides is 1. The van der Waals surface area contributed by atoms with Crippen LogP contribution in [0.4, 0.5) is 0 Å². The lowest BCUT2D eigenvalue weighted by atomic mass is 9.99. The molecule has 1 N–H and O–H groups in total. The van der Waals surface area contributed by atoms with E-state index < -0.39 is 0 Å². The first-order valence-corrected chi connectivity index (χ1v) is 8.85. The van der Waals surface area contributed by atoms with E-state index in [0.717, 1.165) is 35.7 Å². The summed E-state index contributed by atoms with van der Waals surface area (Å²) in [5.74, 6) is 1.28. The summed E-state index contributed by atoms with van der Waals surface area (Å²) in [5, 5.41) is 7.43. The number of nitrogens with zero attached hydrogens (tertiary/aromatic N) is 3. The summed E-state index contributed by atoms with van der Waals surface area (Å²) in [5.41, 5.74) is 3.26. The minimum absolute atomic E-state index is 0.0753. The summed E-state index contributed by atoms with van der Waals surface area (Å²) < 4.78 is 13.2. The van der Waals surface area contributed by atoms with Crippen molar-refractivity contribution in [2.75, 3.05) is 0 Å². The number of hydrogen-bond donors (Lipinski definition) is 1. The Kier molecular flexibility index (Phi) is 4.94. The van der Waals surface area contributed by atoms with Gasteiger partial charge in [-0.3, -0.25) is 9.48 Å². The Hall–Kier alpha value is -2.15. The summed E-state index contributed by atoms with van der Waals surface area (Å²) in [6.45, 7) is 8.29. The van der Waals surface area contributed by atoms with Gasteiger partial charge in [0, 0.05) is 25.5 Å². The molecular weight excluding hydrogens is 320 g/mol. The molecule has 0 spiro atoms. The zero-order valence-electron chi connectivity index (χ0n) is 15.5. The number of hydrogen-bond acceptors (Lipinski definition) is 5. The Morgan fingerprint density at radius 2 is 2.16 bits per heavy atom. The van der Waals surface area contributed by atoms with Crippen molar-refractivity contribution in [3.05, 3.63) is 34.3 Å². The van der Waals surface area contributed by atoms with Gasteiger partial charge in [0.2, 0.25) is 0 Å². The normalized spacial score (nSPS) is 19.7. The molecule has 7 nitrogen and oxygen atoms in total. The van der Waals surface area contributed by atoms with Crippen LogP contribution in [0.25, 0.3) is 0 Å². The van der Waals surface area contributed by atoms with Gasteiger partial charge in [0.25, 0.3) is 5.91 Å². The van der Waals surface area contributed by atoms with Crippen molar-refractivity contribution >= 4 is 5.91 Å². The third kappa shape index (κ3) is 3.46. The minimum atomic E-state index is -0.148. The fourth-order valence-electron chi connectivity index (χ4n) is 3.37. The van der Waals surface area contributed by atoms with E-state index in [1.807, 2.05) is 20.8 Å². The molecule has 0 unspecified atom stereocenters. The SMILES string of the molecule is CCCc1nc(C)c(CNC(=O)c2c3c(nn2C)[C@H](C)O[C@H](C)C3)o1. The molecule has 25 heavy (non-hydrogen) atoms. The van der Waals surface area contributed by atoms with E-state index in [1.165, 1.54) is 0 Å². The third-order valence-corrected chi connectivity index (χ3v) is 4.51. The molecule has 0 aromatic carbocycles. The molecule has 136 valence electrons. The van der Waals surface area contributed by atoms with Crippen molar-refractivity contribution in [2.45, 2.75) is 65.7 Å². The van der Waals surface area contributed by atoms with Crippen LogP contribution in [-0.4, -0.2) is 26.8 Å². The van der Waals surface area contributed by atoms with Crippen LogP contribution in [0.2, 0.25) is 0 Å². The maximum atomic E-state index is 12.8. The summed E-state index contributed by atoms with van der Waals surface area (Å²) in [6, 6.07) is 0. The highest BCUT2D eigenvalue weighted by molar-refractivity contribution is 5.94. The summed E-state index contributed by atoms with van der Waals surface area (Å²) in [6.07, 6.45) is 2.45. The van der Waals surface area contributed by atoms with Gasteiger partial charge in [-0.05, 0) is 27.2 Å². The molecule has 3 rings (SSSR count). The van der Waals surface area contributed by atoms with E-state index in [-0.39, 0.29) is 18.1 Å². The number of aryl methyl sites for hydroxylation is 3. The van der Waals surface area contributed by atoms with Crippen molar-refractivity contribution < 1.29 is 13.9 Å². The smallest absolute Gasteiger partial charge is 0.270 e.